The summed E-state index contributed by atoms with van der Waals surface area (Å²) in [6.45, 7) is 1.83. The van der Waals surface area contributed by atoms with E-state index < -0.39 is 12.0 Å². The number of hydrogen-bond donors (Lipinski definition) is 2. The van der Waals surface area contributed by atoms with Gasteiger partial charge in [0.25, 0.3) is 5.91 Å². The maximum absolute atomic E-state index is 12.1. The van der Waals surface area contributed by atoms with E-state index in [9.17, 15) is 14.7 Å². The summed E-state index contributed by atoms with van der Waals surface area (Å²) in [7, 11) is 0. The number of hydrogen-bond acceptors (Lipinski definition) is 3. The van der Waals surface area contributed by atoms with Gasteiger partial charge in [0.15, 0.2) is 0 Å². The smallest absolute Gasteiger partial charge is 0.326 e. The van der Waals surface area contributed by atoms with Crippen molar-refractivity contribution in [2.75, 3.05) is 0 Å². The van der Waals surface area contributed by atoms with Crippen LogP contribution >= 0.6 is 11.3 Å². The van der Waals surface area contributed by atoms with Gasteiger partial charge in [0.2, 0.25) is 0 Å². The molecular formula is C15H15NO3S. The van der Waals surface area contributed by atoms with E-state index in [4.69, 9.17) is 0 Å². The van der Waals surface area contributed by atoms with Crippen LogP contribution in [0.1, 0.15) is 20.8 Å². The summed E-state index contributed by atoms with van der Waals surface area (Å²) in [5.41, 5.74) is 1.74. The Kier molecular flexibility index (Phi) is 4.53. The second-order valence-corrected chi connectivity index (χ2v) is 5.40. The zero-order chi connectivity index (χ0) is 14.5. The number of aryl methyl sites for hydroxylation is 1. The first kappa shape index (κ1) is 14.3. The first-order valence-corrected chi connectivity index (χ1v) is 7.07. The van der Waals surface area contributed by atoms with Crippen LogP contribution in [0.15, 0.2) is 41.8 Å². The van der Waals surface area contributed by atoms with Crippen molar-refractivity contribution in [3.8, 4) is 0 Å². The molecule has 1 aromatic heterocycles. The molecule has 0 saturated heterocycles. The van der Waals surface area contributed by atoms with Gasteiger partial charge in [-0.1, -0.05) is 30.3 Å². The van der Waals surface area contributed by atoms with Crippen molar-refractivity contribution in [1.29, 1.82) is 0 Å². The van der Waals surface area contributed by atoms with Gasteiger partial charge in [-0.25, -0.2) is 4.79 Å². The molecule has 0 fully saturated rings. The molecule has 20 heavy (non-hydrogen) atoms. The van der Waals surface area contributed by atoms with E-state index in [1.54, 1.807) is 0 Å². The van der Waals surface area contributed by atoms with Gasteiger partial charge in [0.1, 0.15) is 6.04 Å². The summed E-state index contributed by atoms with van der Waals surface area (Å²) >= 11 is 1.31. The van der Waals surface area contributed by atoms with Crippen LogP contribution in [0.25, 0.3) is 0 Å². The van der Waals surface area contributed by atoms with Crippen molar-refractivity contribution in [2.24, 2.45) is 0 Å². The van der Waals surface area contributed by atoms with Gasteiger partial charge in [-0.2, -0.15) is 0 Å². The van der Waals surface area contributed by atoms with Crippen molar-refractivity contribution in [1.82, 2.24) is 5.32 Å². The summed E-state index contributed by atoms with van der Waals surface area (Å²) in [5.74, 6) is -1.36. The molecule has 0 radical (unpaired) electrons. The van der Waals surface area contributed by atoms with Crippen molar-refractivity contribution in [3.05, 3.63) is 57.8 Å². The lowest BCUT2D eigenvalue weighted by Crippen LogP contribution is -2.42. The molecule has 0 bridgehead atoms. The number of rotatable bonds is 5. The third-order valence-corrected chi connectivity index (χ3v) is 3.97. The number of nitrogens with one attached hydrogen (secondary N) is 1. The lowest BCUT2D eigenvalue weighted by atomic mass is 10.1. The Hall–Kier alpha value is -2.14. The Morgan fingerprint density at radius 2 is 1.95 bits per heavy atom. The summed E-state index contributed by atoms with van der Waals surface area (Å²) in [6.07, 6.45) is 0.270. The monoisotopic (exact) mass is 289 g/mol. The fourth-order valence-electron chi connectivity index (χ4n) is 1.88. The summed E-state index contributed by atoms with van der Waals surface area (Å²) in [4.78, 5) is 23.9. The molecule has 104 valence electrons. The Bertz CT molecular complexity index is 607. The molecule has 0 aliphatic carbocycles. The predicted octanol–water partition coefficient (Wildman–Crippen LogP) is 2.48. The molecule has 1 amide bonds. The summed E-state index contributed by atoms with van der Waals surface area (Å²) < 4.78 is 0. The van der Waals surface area contributed by atoms with Crippen LogP contribution in [0.5, 0.6) is 0 Å². The molecule has 0 unspecified atom stereocenters. The van der Waals surface area contributed by atoms with E-state index in [1.165, 1.54) is 11.3 Å². The van der Waals surface area contributed by atoms with Gasteiger partial charge in [0.05, 0.1) is 4.88 Å². The van der Waals surface area contributed by atoms with Gasteiger partial charge < -0.3 is 10.4 Å². The van der Waals surface area contributed by atoms with E-state index in [1.807, 2.05) is 48.7 Å². The number of thiophene rings is 1. The number of amides is 1. The average Bonchev–Trinajstić information content (AvgIpc) is 2.85. The Balaban J connectivity index is 2.09. The third kappa shape index (κ3) is 3.45. The molecule has 0 spiro atoms. The van der Waals surface area contributed by atoms with Crippen molar-refractivity contribution in [3.63, 3.8) is 0 Å². The Morgan fingerprint density at radius 3 is 2.50 bits per heavy atom. The molecule has 5 heteroatoms. The Morgan fingerprint density at radius 1 is 1.25 bits per heavy atom. The molecule has 0 aliphatic heterocycles. The average molecular weight is 289 g/mol. The number of carbonyl (C=O) groups is 2. The maximum atomic E-state index is 12.1. The molecule has 1 aromatic carbocycles. The quantitative estimate of drug-likeness (QED) is 0.888. The van der Waals surface area contributed by atoms with Crippen LogP contribution < -0.4 is 5.32 Å². The molecule has 0 aliphatic rings. The van der Waals surface area contributed by atoms with Crippen LogP contribution in [-0.4, -0.2) is 23.0 Å². The fraction of sp³-hybridized carbons (Fsp3) is 0.200. The molecule has 4 nitrogen and oxygen atoms in total. The summed E-state index contributed by atoms with van der Waals surface area (Å²) in [5, 5.41) is 13.6. The van der Waals surface area contributed by atoms with Gasteiger partial charge in [-0.15, -0.1) is 11.3 Å². The fourth-order valence-corrected chi connectivity index (χ4v) is 2.71. The minimum absolute atomic E-state index is 0.270. The highest BCUT2D eigenvalue weighted by atomic mass is 32.1. The van der Waals surface area contributed by atoms with Crippen LogP contribution in [0.4, 0.5) is 0 Å². The van der Waals surface area contributed by atoms with E-state index in [2.05, 4.69) is 5.32 Å². The molecule has 1 atom stereocenters. The van der Waals surface area contributed by atoms with Crippen molar-refractivity contribution in [2.45, 2.75) is 19.4 Å². The Labute approximate surface area is 121 Å². The largest absolute Gasteiger partial charge is 0.480 e. The number of carboxylic acids is 1. The third-order valence-electron chi connectivity index (χ3n) is 2.95. The molecule has 0 saturated carbocycles. The van der Waals surface area contributed by atoms with E-state index in [0.717, 1.165) is 11.1 Å². The SMILES string of the molecule is Cc1ccsc1C(=O)N[C@H](Cc1ccccc1)C(=O)O. The highest BCUT2D eigenvalue weighted by molar-refractivity contribution is 7.12. The van der Waals surface area contributed by atoms with Crippen molar-refractivity contribution < 1.29 is 14.7 Å². The van der Waals surface area contributed by atoms with Gasteiger partial charge in [0, 0.05) is 6.42 Å². The molecule has 2 rings (SSSR count). The van der Waals surface area contributed by atoms with Gasteiger partial charge in [-0.3, -0.25) is 4.79 Å². The van der Waals surface area contributed by atoms with E-state index in [-0.39, 0.29) is 12.3 Å². The lowest BCUT2D eigenvalue weighted by molar-refractivity contribution is -0.139. The number of aliphatic carboxylic acids is 1. The molecule has 2 N–H and O–H groups in total. The maximum Gasteiger partial charge on any atom is 0.326 e. The van der Waals surface area contributed by atoms with Crippen LogP contribution in [0, 0.1) is 6.92 Å². The number of carboxylic acid groups (broad SMARTS) is 1. The zero-order valence-electron chi connectivity index (χ0n) is 11.0. The van der Waals surface area contributed by atoms with E-state index >= 15 is 0 Å². The second kappa shape index (κ2) is 6.34. The normalized spacial score (nSPS) is 11.8. The predicted molar refractivity (Wildman–Crippen MR) is 78.1 cm³/mol. The van der Waals surface area contributed by atoms with Gasteiger partial charge in [-0.05, 0) is 29.5 Å². The molecular weight excluding hydrogens is 274 g/mol. The van der Waals surface area contributed by atoms with Crippen LogP contribution in [0.2, 0.25) is 0 Å². The topological polar surface area (TPSA) is 66.4 Å². The van der Waals surface area contributed by atoms with Crippen LogP contribution in [0.3, 0.4) is 0 Å². The van der Waals surface area contributed by atoms with Crippen molar-refractivity contribution >= 4 is 23.2 Å². The number of carbonyl (C=O) groups excluding carboxylic acids is 1. The number of benzene rings is 1. The highest BCUT2D eigenvalue weighted by Crippen LogP contribution is 2.15. The lowest BCUT2D eigenvalue weighted by Gasteiger charge is -2.14. The standard InChI is InChI=1S/C15H15NO3S/c1-10-7-8-20-13(10)14(17)16-12(15(18)19)9-11-5-3-2-4-6-11/h2-8,12H,9H2,1H3,(H,16,17)(H,18,19)/t12-/m1/s1. The van der Waals surface area contributed by atoms with Crippen LogP contribution in [-0.2, 0) is 11.2 Å². The zero-order valence-corrected chi connectivity index (χ0v) is 11.8. The molecule has 2 aromatic rings. The molecule has 1 heterocycles. The first-order chi connectivity index (χ1) is 9.58. The minimum Gasteiger partial charge on any atom is -0.480 e. The van der Waals surface area contributed by atoms with Gasteiger partial charge >= 0.3 is 5.97 Å². The second-order valence-electron chi connectivity index (χ2n) is 4.49. The first-order valence-electron chi connectivity index (χ1n) is 6.19. The summed E-state index contributed by atoms with van der Waals surface area (Å²) in [6, 6.07) is 10.2. The van der Waals surface area contributed by atoms with E-state index in [0.29, 0.717) is 4.88 Å². The highest BCUT2D eigenvalue weighted by Gasteiger charge is 2.22. The minimum atomic E-state index is -1.03.